The smallest absolute Gasteiger partial charge is 0.369 e. The molecule has 0 saturated heterocycles. The zero-order valence-corrected chi connectivity index (χ0v) is 16.0. The van der Waals surface area contributed by atoms with Crippen LogP contribution in [0, 0.1) is 0 Å². The number of halogens is 3. The largest absolute Gasteiger partial charge is 0.421 e. The van der Waals surface area contributed by atoms with Crippen LogP contribution < -0.4 is 16.0 Å². The molecule has 3 rings (SSSR count). The van der Waals surface area contributed by atoms with E-state index in [1.165, 1.54) is 11.1 Å². The number of hydrogen-bond acceptors (Lipinski definition) is 6. The van der Waals surface area contributed by atoms with Crippen molar-refractivity contribution in [1.82, 2.24) is 20.2 Å². The maximum absolute atomic E-state index is 13.3. The summed E-state index contributed by atoms with van der Waals surface area (Å²) in [6.45, 7) is 2.90. The van der Waals surface area contributed by atoms with E-state index in [4.69, 9.17) is 0 Å². The van der Waals surface area contributed by atoms with Gasteiger partial charge in [0.1, 0.15) is 11.4 Å². The molecule has 0 aliphatic carbocycles. The monoisotopic (exact) mass is 394 g/mol. The van der Waals surface area contributed by atoms with Gasteiger partial charge in [0.2, 0.25) is 5.95 Å². The van der Waals surface area contributed by atoms with E-state index in [-0.39, 0.29) is 11.8 Å². The van der Waals surface area contributed by atoms with Gasteiger partial charge in [0.05, 0.1) is 0 Å². The molecular weight excluding hydrogens is 369 g/mol. The van der Waals surface area contributed by atoms with Crippen LogP contribution in [-0.4, -0.2) is 48.6 Å². The van der Waals surface area contributed by atoms with Crippen LogP contribution in [-0.2, 0) is 19.1 Å². The summed E-state index contributed by atoms with van der Waals surface area (Å²) in [5, 5.41) is 9.13. The first-order valence-corrected chi connectivity index (χ1v) is 9.25. The van der Waals surface area contributed by atoms with Gasteiger partial charge in [-0.25, -0.2) is 4.98 Å². The van der Waals surface area contributed by atoms with Crippen molar-refractivity contribution in [3.63, 3.8) is 0 Å². The molecule has 9 heteroatoms. The first-order chi connectivity index (χ1) is 13.3. The number of nitrogens with zero attached hydrogens (tertiary/aromatic N) is 3. The van der Waals surface area contributed by atoms with Crippen LogP contribution in [0.5, 0.6) is 0 Å². The molecular formula is C19H25F3N6. The molecule has 6 nitrogen and oxygen atoms in total. The molecule has 0 bridgehead atoms. The van der Waals surface area contributed by atoms with Gasteiger partial charge < -0.3 is 20.9 Å². The highest BCUT2D eigenvalue weighted by molar-refractivity contribution is 5.58. The summed E-state index contributed by atoms with van der Waals surface area (Å²) in [5.41, 5.74) is 2.35. The normalized spacial score (nSPS) is 14.1. The maximum Gasteiger partial charge on any atom is 0.421 e. The number of hydrogen-bond donors (Lipinski definition) is 3. The lowest BCUT2D eigenvalue weighted by Gasteiger charge is -2.18. The number of fused-ring (bicyclic) bond motifs is 1. The molecule has 0 saturated carbocycles. The molecule has 1 aromatic heterocycles. The molecule has 2 aromatic rings. The summed E-state index contributed by atoms with van der Waals surface area (Å²) in [4.78, 5) is 9.93. The Labute approximate surface area is 162 Å². The molecule has 1 aliphatic heterocycles. The van der Waals surface area contributed by atoms with Gasteiger partial charge in [0.25, 0.3) is 0 Å². The van der Waals surface area contributed by atoms with E-state index in [1.807, 2.05) is 37.2 Å². The molecule has 152 valence electrons. The zero-order valence-electron chi connectivity index (χ0n) is 16.0. The molecule has 1 aromatic carbocycles. The Morgan fingerprint density at radius 1 is 1.21 bits per heavy atom. The Bertz CT molecular complexity index is 807. The Morgan fingerprint density at radius 3 is 2.79 bits per heavy atom. The van der Waals surface area contributed by atoms with Crippen LogP contribution in [0.15, 0.2) is 24.4 Å². The van der Waals surface area contributed by atoms with Crippen LogP contribution in [0.25, 0.3) is 0 Å². The summed E-state index contributed by atoms with van der Waals surface area (Å²) in [7, 11) is 3.84. The topological polar surface area (TPSA) is 65.1 Å². The van der Waals surface area contributed by atoms with Crippen molar-refractivity contribution in [2.45, 2.75) is 25.6 Å². The van der Waals surface area contributed by atoms with Crippen LogP contribution >= 0.6 is 0 Å². The third kappa shape index (κ3) is 5.32. The van der Waals surface area contributed by atoms with E-state index in [9.17, 15) is 13.2 Å². The first-order valence-electron chi connectivity index (χ1n) is 9.25. The molecule has 2 heterocycles. The van der Waals surface area contributed by atoms with E-state index in [0.717, 1.165) is 37.9 Å². The fourth-order valence-corrected chi connectivity index (χ4v) is 3.07. The van der Waals surface area contributed by atoms with Gasteiger partial charge in [-0.05, 0) is 63.3 Å². The maximum atomic E-state index is 13.3. The highest BCUT2D eigenvalue weighted by Gasteiger charge is 2.35. The van der Waals surface area contributed by atoms with Gasteiger partial charge in [-0.15, -0.1) is 0 Å². The van der Waals surface area contributed by atoms with Crippen molar-refractivity contribution in [3.05, 3.63) is 41.1 Å². The predicted octanol–water partition coefficient (Wildman–Crippen LogP) is 3.25. The quantitative estimate of drug-likeness (QED) is 0.627. The summed E-state index contributed by atoms with van der Waals surface area (Å²) >= 11 is 0. The van der Waals surface area contributed by atoms with Crippen molar-refractivity contribution >= 4 is 17.5 Å². The lowest BCUT2D eigenvalue weighted by Crippen LogP contribution is -2.23. The minimum absolute atomic E-state index is 0.136. The van der Waals surface area contributed by atoms with E-state index >= 15 is 0 Å². The summed E-state index contributed by atoms with van der Waals surface area (Å²) in [5.74, 6) is -0.0667. The number of rotatable bonds is 7. The lowest BCUT2D eigenvalue weighted by molar-refractivity contribution is -0.137. The number of anilines is 3. The Hall–Kier alpha value is -2.39. The molecule has 1 aliphatic rings. The van der Waals surface area contributed by atoms with Crippen molar-refractivity contribution in [3.8, 4) is 0 Å². The zero-order chi connectivity index (χ0) is 20.1. The number of alkyl halides is 3. The average Bonchev–Trinajstić information content (AvgIpc) is 2.64. The van der Waals surface area contributed by atoms with Crippen molar-refractivity contribution in [2.24, 2.45) is 0 Å². The van der Waals surface area contributed by atoms with E-state index in [0.29, 0.717) is 13.0 Å². The fourth-order valence-electron chi connectivity index (χ4n) is 3.07. The molecule has 0 fully saturated rings. The molecule has 28 heavy (non-hydrogen) atoms. The molecule has 3 N–H and O–H groups in total. The summed E-state index contributed by atoms with van der Waals surface area (Å²) in [6, 6.07) is 5.90. The minimum atomic E-state index is -4.51. The molecule has 0 atom stereocenters. The summed E-state index contributed by atoms with van der Waals surface area (Å²) in [6.07, 6.45) is -2.07. The second-order valence-electron chi connectivity index (χ2n) is 7.07. The Kier molecular flexibility index (Phi) is 6.35. The van der Waals surface area contributed by atoms with E-state index in [2.05, 4.69) is 25.9 Å². The van der Waals surface area contributed by atoms with E-state index < -0.39 is 11.7 Å². The number of nitrogens with one attached hydrogen (secondary N) is 3. The highest BCUT2D eigenvalue weighted by Crippen LogP contribution is 2.34. The van der Waals surface area contributed by atoms with Crippen molar-refractivity contribution in [2.75, 3.05) is 44.4 Å². The molecule has 0 radical (unpaired) electrons. The second kappa shape index (κ2) is 8.74. The van der Waals surface area contributed by atoms with Gasteiger partial charge in [0.15, 0.2) is 0 Å². The Balaban J connectivity index is 1.76. The predicted molar refractivity (Wildman–Crippen MR) is 104 cm³/mol. The highest BCUT2D eigenvalue weighted by atomic mass is 19.4. The van der Waals surface area contributed by atoms with Gasteiger partial charge in [-0.2, -0.15) is 18.2 Å². The van der Waals surface area contributed by atoms with Crippen molar-refractivity contribution in [1.29, 1.82) is 0 Å². The number of benzene rings is 1. The van der Waals surface area contributed by atoms with Crippen LogP contribution in [0.1, 0.15) is 23.1 Å². The molecule has 0 spiro atoms. The van der Waals surface area contributed by atoms with E-state index in [1.54, 1.807) is 0 Å². The second-order valence-corrected chi connectivity index (χ2v) is 7.07. The number of aromatic nitrogens is 2. The summed E-state index contributed by atoms with van der Waals surface area (Å²) < 4.78 is 39.8. The molecule has 0 amide bonds. The van der Waals surface area contributed by atoms with Crippen molar-refractivity contribution < 1.29 is 13.2 Å². The third-order valence-corrected chi connectivity index (χ3v) is 4.52. The van der Waals surface area contributed by atoms with Gasteiger partial charge in [-0.1, -0.05) is 6.07 Å². The fraction of sp³-hybridized carbons (Fsp3) is 0.474. The first kappa shape index (κ1) is 20.3. The van der Waals surface area contributed by atoms with Gasteiger partial charge >= 0.3 is 6.18 Å². The van der Waals surface area contributed by atoms with Gasteiger partial charge in [-0.3, -0.25) is 0 Å². The minimum Gasteiger partial charge on any atom is -0.369 e. The molecule has 0 unspecified atom stereocenters. The van der Waals surface area contributed by atoms with Crippen LogP contribution in [0.2, 0.25) is 0 Å². The third-order valence-electron chi connectivity index (χ3n) is 4.52. The SMILES string of the molecule is CN(C)CCCNc1nc(Nc2ccc3c(c2)CCNC3)ncc1C(F)(F)F. The van der Waals surface area contributed by atoms with Gasteiger partial charge in [0, 0.05) is 25.0 Å². The standard InChI is InChI=1S/C19H25F3N6/c1-28(2)9-3-7-24-17-16(19(20,21)22)12-25-18(27-17)26-15-5-4-14-11-23-8-6-13(14)10-15/h4-5,10,12,23H,3,6-9,11H2,1-2H3,(H2,24,25,26,27). The van der Waals surface area contributed by atoms with Crippen LogP contribution in [0.3, 0.4) is 0 Å². The average molecular weight is 394 g/mol. The lowest BCUT2D eigenvalue weighted by atomic mass is 10.0. The Morgan fingerprint density at radius 2 is 2.04 bits per heavy atom. The van der Waals surface area contributed by atoms with Crippen LogP contribution in [0.4, 0.5) is 30.6 Å².